The molecule has 0 aliphatic rings. The van der Waals surface area contributed by atoms with Crippen molar-refractivity contribution in [1.29, 1.82) is 0 Å². The van der Waals surface area contributed by atoms with Crippen LogP contribution in [0.5, 0.6) is 0 Å². The summed E-state index contributed by atoms with van der Waals surface area (Å²) in [7, 11) is 1.52. The van der Waals surface area contributed by atoms with E-state index in [1.165, 1.54) is 11.7 Å². The number of carbonyl (C=O) groups excluding carboxylic acids is 1. The van der Waals surface area contributed by atoms with Gasteiger partial charge in [0.05, 0.1) is 17.5 Å². The predicted octanol–water partition coefficient (Wildman–Crippen LogP) is 1.09. The van der Waals surface area contributed by atoms with Crippen LogP contribution in [0, 0.1) is 5.92 Å². The average molecular weight is 331 g/mol. The lowest BCUT2D eigenvalue weighted by Gasteiger charge is -2.16. The van der Waals surface area contributed by atoms with Crippen LogP contribution in [-0.2, 0) is 23.1 Å². The van der Waals surface area contributed by atoms with E-state index in [1.807, 2.05) is 13.8 Å². The van der Waals surface area contributed by atoms with E-state index in [4.69, 9.17) is 0 Å². The number of aryl methyl sites for hydroxylation is 1. The molecule has 0 radical (unpaired) electrons. The van der Waals surface area contributed by atoms with Gasteiger partial charge in [-0.3, -0.25) is 9.59 Å². The van der Waals surface area contributed by atoms with Crippen LogP contribution in [0.2, 0.25) is 0 Å². The number of benzene rings is 1. The molecule has 0 saturated heterocycles. The zero-order valence-electron chi connectivity index (χ0n) is 13.9. The minimum absolute atomic E-state index is 0.0868. The molecule has 0 aliphatic heterocycles. The van der Waals surface area contributed by atoms with Crippen molar-refractivity contribution in [2.75, 3.05) is 0 Å². The average Bonchev–Trinajstić information content (AvgIpc) is 2.51. The Labute approximate surface area is 139 Å². The first kappa shape index (κ1) is 17.7. The van der Waals surface area contributed by atoms with Gasteiger partial charge in [-0.1, -0.05) is 32.0 Å². The van der Waals surface area contributed by atoms with Gasteiger partial charge < -0.3 is 10.4 Å². The van der Waals surface area contributed by atoms with Gasteiger partial charge in [0, 0.05) is 12.4 Å². The maximum absolute atomic E-state index is 12.2. The van der Waals surface area contributed by atoms with Gasteiger partial charge in [-0.25, -0.2) is 9.48 Å². The molecule has 0 bridgehead atoms. The SMILES string of the molecule is CC(C)C[C@@H](NC(=O)Cc1nn(C)c(=O)c2ccccc12)C(=O)O. The van der Waals surface area contributed by atoms with Crippen molar-refractivity contribution < 1.29 is 14.7 Å². The Hall–Kier alpha value is -2.70. The number of nitrogens with zero attached hydrogens (tertiary/aromatic N) is 2. The van der Waals surface area contributed by atoms with E-state index in [0.29, 0.717) is 22.9 Å². The van der Waals surface area contributed by atoms with Crippen molar-refractivity contribution in [1.82, 2.24) is 15.1 Å². The number of carboxylic acid groups (broad SMARTS) is 1. The van der Waals surface area contributed by atoms with E-state index in [9.17, 15) is 19.5 Å². The molecule has 2 N–H and O–H groups in total. The molecule has 2 aromatic rings. The Kier molecular flexibility index (Phi) is 5.33. The van der Waals surface area contributed by atoms with Crippen LogP contribution >= 0.6 is 0 Å². The lowest BCUT2D eigenvalue weighted by molar-refractivity contribution is -0.142. The quantitative estimate of drug-likeness (QED) is 0.825. The number of amides is 1. The summed E-state index contributed by atoms with van der Waals surface area (Å²) in [6.07, 6.45) is 0.263. The molecule has 24 heavy (non-hydrogen) atoms. The molecule has 1 atom stereocenters. The first-order chi connectivity index (χ1) is 11.3. The van der Waals surface area contributed by atoms with Gasteiger partial charge in [0.15, 0.2) is 0 Å². The number of hydrogen-bond acceptors (Lipinski definition) is 4. The molecule has 7 heteroatoms. The van der Waals surface area contributed by atoms with Crippen molar-refractivity contribution in [2.24, 2.45) is 13.0 Å². The molecule has 1 amide bonds. The normalized spacial score (nSPS) is 12.3. The third-order valence-electron chi connectivity index (χ3n) is 3.70. The first-order valence-electron chi connectivity index (χ1n) is 7.76. The summed E-state index contributed by atoms with van der Waals surface area (Å²) in [5.41, 5.74) is 0.205. The van der Waals surface area contributed by atoms with Gasteiger partial charge in [0.25, 0.3) is 5.56 Å². The van der Waals surface area contributed by atoms with E-state index in [-0.39, 0.29) is 17.9 Å². The Morgan fingerprint density at radius 1 is 1.25 bits per heavy atom. The molecule has 1 aromatic heterocycles. The predicted molar refractivity (Wildman–Crippen MR) is 89.7 cm³/mol. The van der Waals surface area contributed by atoms with Crippen LogP contribution in [0.1, 0.15) is 26.0 Å². The third-order valence-corrected chi connectivity index (χ3v) is 3.70. The summed E-state index contributed by atoms with van der Waals surface area (Å²) in [5, 5.41) is 17.0. The summed E-state index contributed by atoms with van der Waals surface area (Å²) < 4.78 is 1.19. The van der Waals surface area contributed by atoms with Crippen LogP contribution in [0.15, 0.2) is 29.1 Å². The maximum Gasteiger partial charge on any atom is 0.326 e. The minimum atomic E-state index is -1.06. The highest BCUT2D eigenvalue weighted by molar-refractivity contribution is 5.90. The number of carbonyl (C=O) groups is 2. The monoisotopic (exact) mass is 331 g/mol. The van der Waals surface area contributed by atoms with Crippen LogP contribution in [0.25, 0.3) is 10.8 Å². The molecular weight excluding hydrogens is 310 g/mol. The van der Waals surface area contributed by atoms with Gasteiger partial charge in [0.1, 0.15) is 6.04 Å². The molecule has 0 spiro atoms. The molecule has 1 aromatic carbocycles. The maximum atomic E-state index is 12.2. The number of aliphatic carboxylic acids is 1. The standard InChI is InChI=1S/C17H21N3O4/c1-10(2)8-14(17(23)24)18-15(21)9-13-11-6-4-5-7-12(11)16(22)20(3)19-13/h4-7,10,14H,8-9H2,1-3H3,(H,18,21)(H,23,24)/t14-/m1/s1. The Morgan fingerprint density at radius 2 is 1.88 bits per heavy atom. The summed E-state index contributed by atoms with van der Waals surface area (Å²) in [6.45, 7) is 3.79. The molecular formula is C17H21N3O4. The smallest absolute Gasteiger partial charge is 0.326 e. The number of aromatic nitrogens is 2. The van der Waals surface area contributed by atoms with Crippen molar-refractivity contribution in [2.45, 2.75) is 32.7 Å². The van der Waals surface area contributed by atoms with Gasteiger partial charge in [0.2, 0.25) is 5.91 Å². The topological polar surface area (TPSA) is 101 Å². The number of nitrogens with one attached hydrogen (secondary N) is 1. The Balaban J connectivity index is 2.26. The van der Waals surface area contributed by atoms with Gasteiger partial charge >= 0.3 is 5.97 Å². The highest BCUT2D eigenvalue weighted by atomic mass is 16.4. The largest absolute Gasteiger partial charge is 0.480 e. The van der Waals surface area contributed by atoms with Crippen molar-refractivity contribution in [3.05, 3.63) is 40.3 Å². The summed E-state index contributed by atoms with van der Waals surface area (Å²) in [4.78, 5) is 35.6. The first-order valence-corrected chi connectivity index (χ1v) is 7.76. The van der Waals surface area contributed by atoms with E-state index in [2.05, 4.69) is 10.4 Å². The molecule has 7 nitrogen and oxygen atoms in total. The number of carboxylic acids is 1. The van der Waals surface area contributed by atoms with Gasteiger partial charge in [-0.2, -0.15) is 5.10 Å². The van der Waals surface area contributed by atoms with Crippen molar-refractivity contribution in [3.63, 3.8) is 0 Å². The fourth-order valence-corrected chi connectivity index (χ4v) is 2.60. The fraction of sp³-hybridized carbons (Fsp3) is 0.412. The summed E-state index contributed by atoms with van der Waals surface area (Å²) in [5.74, 6) is -1.35. The van der Waals surface area contributed by atoms with Crippen molar-refractivity contribution >= 4 is 22.6 Å². The third kappa shape index (κ3) is 3.98. The number of rotatable bonds is 6. The lowest BCUT2D eigenvalue weighted by Crippen LogP contribution is -2.42. The van der Waals surface area contributed by atoms with Gasteiger partial charge in [-0.15, -0.1) is 0 Å². The van der Waals surface area contributed by atoms with E-state index in [1.54, 1.807) is 24.3 Å². The number of fused-ring (bicyclic) bond motifs is 1. The molecule has 2 rings (SSSR count). The second-order valence-corrected chi connectivity index (χ2v) is 6.19. The van der Waals surface area contributed by atoms with E-state index in [0.717, 1.165) is 0 Å². The zero-order valence-corrected chi connectivity index (χ0v) is 13.9. The lowest BCUT2D eigenvalue weighted by atomic mass is 10.0. The molecule has 0 fully saturated rings. The number of hydrogen-bond donors (Lipinski definition) is 2. The highest BCUT2D eigenvalue weighted by Gasteiger charge is 2.22. The van der Waals surface area contributed by atoms with Crippen molar-refractivity contribution in [3.8, 4) is 0 Å². The minimum Gasteiger partial charge on any atom is -0.480 e. The van der Waals surface area contributed by atoms with E-state index >= 15 is 0 Å². The molecule has 0 aliphatic carbocycles. The van der Waals surface area contributed by atoms with Crippen LogP contribution < -0.4 is 10.9 Å². The molecule has 0 unspecified atom stereocenters. The van der Waals surface area contributed by atoms with Crippen LogP contribution in [-0.4, -0.2) is 32.8 Å². The summed E-state index contributed by atoms with van der Waals surface area (Å²) >= 11 is 0. The second kappa shape index (κ2) is 7.25. The highest BCUT2D eigenvalue weighted by Crippen LogP contribution is 2.14. The Bertz CT molecular complexity index is 826. The van der Waals surface area contributed by atoms with E-state index < -0.39 is 17.9 Å². The molecule has 128 valence electrons. The summed E-state index contributed by atoms with van der Waals surface area (Å²) in [6, 6.07) is 5.99. The van der Waals surface area contributed by atoms with Crippen LogP contribution in [0.3, 0.4) is 0 Å². The fourth-order valence-electron chi connectivity index (χ4n) is 2.60. The Morgan fingerprint density at radius 3 is 2.46 bits per heavy atom. The zero-order chi connectivity index (χ0) is 17.9. The van der Waals surface area contributed by atoms with Gasteiger partial charge in [-0.05, 0) is 18.4 Å². The molecule has 0 saturated carbocycles. The van der Waals surface area contributed by atoms with Crippen LogP contribution in [0.4, 0.5) is 0 Å². The molecule has 1 heterocycles. The second-order valence-electron chi connectivity index (χ2n) is 6.19.